The smallest absolute Gasteiger partial charge is 0.123 e. The van der Waals surface area contributed by atoms with E-state index < -0.39 is 0 Å². The van der Waals surface area contributed by atoms with Crippen molar-refractivity contribution in [2.45, 2.75) is 51.6 Å². The van der Waals surface area contributed by atoms with Gasteiger partial charge in [-0.2, -0.15) is 0 Å². The van der Waals surface area contributed by atoms with E-state index in [2.05, 4.69) is 17.1 Å². The van der Waals surface area contributed by atoms with Crippen molar-refractivity contribution in [1.82, 2.24) is 5.32 Å². The van der Waals surface area contributed by atoms with Crippen molar-refractivity contribution in [2.24, 2.45) is 5.92 Å². The fraction of sp³-hybridized carbons (Fsp3) is 0.647. The van der Waals surface area contributed by atoms with E-state index in [-0.39, 0.29) is 5.82 Å². The molecule has 1 N–H and O–H groups in total. The Labute approximate surface area is 121 Å². The van der Waals surface area contributed by atoms with Crippen LogP contribution in [0.4, 0.5) is 10.1 Å². The molecule has 0 spiro atoms. The summed E-state index contributed by atoms with van der Waals surface area (Å²) in [7, 11) is 0. The lowest BCUT2D eigenvalue weighted by Crippen LogP contribution is -2.30. The van der Waals surface area contributed by atoms with E-state index in [4.69, 9.17) is 0 Å². The van der Waals surface area contributed by atoms with Crippen LogP contribution in [0, 0.1) is 11.7 Å². The summed E-state index contributed by atoms with van der Waals surface area (Å²) in [6.45, 7) is 5.08. The first-order chi connectivity index (χ1) is 9.78. The minimum absolute atomic E-state index is 0.121. The molecule has 0 amide bonds. The van der Waals surface area contributed by atoms with E-state index >= 15 is 0 Å². The Morgan fingerprint density at radius 2 is 2.05 bits per heavy atom. The number of rotatable bonds is 8. The zero-order valence-corrected chi connectivity index (χ0v) is 12.4. The SMILES string of the molecule is CCCNCc1cc(F)ccc1N(CC1CC1)C1CC1. The molecule has 0 unspecified atom stereocenters. The summed E-state index contributed by atoms with van der Waals surface area (Å²) in [6.07, 6.45) is 6.44. The molecular weight excluding hydrogens is 251 g/mol. The van der Waals surface area contributed by atoms with Crippen LogP contribution in [0.25, 0.3) is 0 Å². The van der Waals surface area contributed by atoms with Crippen LogP contribution in [0.2, 0.25) is 0 Å². The number of nitrogens with one attached hydrogen (secondary N) is 1. The predicted molar refractivity (Wildman–Crippen MR) is 81.5 cm³/mol. The third-order valence-corrected chi connectivity index (χ3v) is 4.23. The quantitative estimate of drug-likeness (QED) is 0.728. The van der Waals surface area contributed by atoms with Crippen molar-refractivity contribution in [1.29, 1.82) is 0 Å². The van der Waals surface area contributed by atoms with E-state index in [0.717, 1.165) is 37.5 Å². The Balaban J connectivity index is 1.77. The van der Waals surface area contributed by atoms with Crippen LogP contribution in [0.15, 0.2) is 18.2 Å². The van der Waals surface area contributed by atoms with Crippen LogP contribution in [0.1, 0.15) is 44.6 Å². The third kappa shape index (κ3) is 3.51. The normalized spacial score (nSPS) is 18.3. The second-order valence-electron chi connectivity index (χ2n) is 6.28. The van der Waals surface area contributed by atoms with Crippen molar-refractivity contribution >= 4 is 5.69 Å². The van der Waals surface area contributed by atoms with Gasteiger partial charge in [-0.1, -0.05) is 6.92 Å². The van der Waals surface area contributed by atoms with E-state index in [1.165, 1.54) is 31.4 Å². The van der Waals surface area contributed by atoms with Crippen LogP contribution >= 0.6 is 0 Å². The van der Waals surface area contributed by atoms with Crippen molar-refractivity contribution in [3.63, 3.8) is 0 Å². The molecule has 3 rings (SSSR count). The van der Waals surface area contributed by atoms with Crippen LogP contribution in [0.5, 0.6) is 0 Å². The summed E-state index contributed by atoms with van der Waals surface area (Å²) < 4.78 is 13.6. The van der Waals surface area contributed by atoms with Gasteiger partial charge in [0.05, 0.1) is 0 Å². The molecule has 2 fully saturated rings. The summed E-state index contributed by atoms with van der Waals surface area (Å²) in [5, 5.41) is 3.41. The van der Waals surface area contributed by atoms with Gasteiger partial charge in [-0.25, -0.2) is 4.39 Å². The standard InChI is InChI=1S/C17H25FN2/c1-2-9-19-11-14-10-15(18)5-8-17(14)20(16-6-7-16)12-13-3-4-13/h5,8,10,13,16,19H,2-4,6-7,9,11-12H2,1H3. The molecule has 0 heterocycles. The highest BCUT2D eigenvalue weighted by Gasteiger charge is 2.34. The molecule has 1 aromatic rings. The first kappa shape index (κ1) is 13.9. The number of hydrogen-bond acceptors (Lipinski definition) is 2. The molecule has 0 saturated heterocycles. The summed E-state index contributed by atoms with van der Waals surface area (Å²) >= 11 is 0. The molecule has 2 aliphatic rings. The lowest BCUT2D eigenvalue weighted by atomic mass is 10.1. The van der Waals surface area contributed by atoms with E-state index in [1.54, 1.807) is 12.1 Å². The molecule has 0 aliphatic heterocycles. The monoisotopic (exact) mass is 276 g/mol. The van der Waals surface area contributed by atoms with Crippen molar-refractivity contribution in [3.05, 3.63) is 29.6 Å². The lowest BCUT2D eigenvalue weighted by Gasteiger charge is -2.27. The topological polar surface area (TPSA) is 15.3 Å². The molecule has 2 nitrogen and oxygen atoms in total. The van der Waals surface area contributed by atoms with Gasteiger partial charge in [0, 0.05) is 24.8 Å². The maximum absolute atomic E-state index is 13.6. The van der Waals surface area contributed by atoms with E-state index in [9.17, 15) is 4.39 Å². The fourth-order valence-corrected chi connectivity index (χ4v) is 2.78. The zero-order valence-electron chi connectivity index (χ0n) is 12.4. The molecule has 2 aliphatic carbocycles. The Morgan fingerprint density at radius 1 is 1.25 bits per heavy atom. The molecule has 2 saturated carbocycles. The van der Waals surface area contributed by atoms with Crippen LogP contribution in [-0.4, -0.2) is 19.1 Å². The molecular formula is C17H25FN2. The molecule has 1 aromatic carbocycles. The van der Waals surface area contributed by atoms with Gasteiger partial charge in [-0.3, -0.25) is 0 Å². The maximum atomic E-state index is 13.6. The molecule has 3 heteroatoms. The van der Waals surface area contributed by atoms with Gasteiger partial charge in [0.2, 0.25) is 0 Å². The van der Waals surface area contributed by atoms with Gasteiger partial charge in [-0.15, -0.1) is 0 Å². The fourth-order valence-electron chi connectivity index (χ4n) is 2.78. The number of nitrogens with zero attached hydrogens (tertiary/aromatic N) is 1. The third-order valence-electron chi connectivity index (χ3n) is 4.23. The number of halogens is 1. The van der Waals surface area contributed by atoms with Gasteiger partial charge in [-0.05, 0) is 68.3 Å². The second-order valence-corrected chi connectivity index (χ2v) is 6.28. The largest absolute Gasteiger partial charge is 0.368 e. The number of anilines is 1. The predicted octanol–water partition coefficient (Wildman–Crippen LogP) is 3.70. The summed E-state index contributed by atoms with van der Waals surface area (Å²) in [4.78, 5) is 2.54. The van der Waals surface area contributed by atoms with Crippen LogP contribution in [-0.2, 0) is 6.54 Å². The van der Waals surface area contributed by atoms with Crippen molar-refractivity contribution in [2.75, 3.05) is 18.0 Å². The minimum atomic E-state index is -0.121. The average molecular weight is 276 g/mol. The molecule has 0 aromatic heterocycles. The zero-order chi connectivity index (χ0) is 13.9. The summed E-state index contributed by atoms with van der Waals surface area (Å²) in [6, 6.07) is 6.01. The molecule has 0 bridgehead atoms. The van der Waals surface area contributed by atoms with Crippen molar-refractivity contribution < 1.29 is 4.39 Å². The lowest BCUT2D eigenvalue weighted by molar-refractivity contribution is 0.616. The Bertz CT molecular complexity index is 452. The van der Waals surface area contributed by atoms with Gasteiger partial charge >= 0.3 is 0 Å². The van der Waals surface area contributed by atoms with Gasteiger partial charge < -0.3 is 10.2 Å². The van der Waals surface area contributed by atoms with E-state index in [0.29, 0.717) is 6.04 Å². The van der Waals surface area contributed by atoms with Gasteiger partial charge in [0.1, 0.15) is 5.82 Å². The Morgan fingerprint density at radius 3 is 2.70 bits per heavy atom. The molecule has 0 atom stereocenters. The first-order valence-electron chi connectivity index (χ1n) is 8.03. The highest BCUT2D eigenvalue weighted by molar-refractivity contribution is 5.55. The number of benzene rings is 1. The van der Waals surface area contributed by atoms with E-state index in [1.807, 2.05) is 6.07 Å². The van der Waals surface area contributed by atoms with Gasteiger partial charge in [0.15, 0.2) is 0 Å². The van der Waals surface area contributed by atoms with Crippen LogP contribution < -0.4 is 10.2 Å². The Hall–Kier alpha value is -1.09. The number of hydrogen-bond donors (Lipinski definition) is 1. The molecule has 110 valence electrons. The molecule has 0 radical (unpaired) electrons. The molecule has 20 heavy (non-hydrogen) atoms. The first-order valence-corrected chi connectivity index (χ1v) is 8.03. The summed E-state index contributed by atoms with van der Waals surface area (Å²) in [5.74, 6) is 0.751. The van der Waals surface area contributed by atoms with Gasteiger partial charge in [0.25, 0.3) is 0 Å². The Kier molecular flexibility index (Phi) is 4.25. The summed E-state index contributed by atoms with van der Waals surface area (Å²) in [5.41, 5.74) is 2.37. The average Bonchev–Trinajstić information content (AvgIpc) is 3.30. The highest BCUT2D eigenvalue weighted by atomic mass is 19.1. The second kappa shape index (κ2) is 6.13. The maximum Gasteiger partial charge on any atom is 0.123 e. The van der Waals surface area contributed by atoms with Crippen LogP contribution in [0.3, 0.4) is 0 Å². The highest BCUT2D eigenvalue weighted by Crippen LogP contribution is 2.39. The minimum Gasteiger partial charge on any atom is -0.368 e. The van der Waals surface area contributed by atoms with Crippen molar-refractivity contribution in [3.8, 4) is 0 Å².